The number of carboxylic acid groups (broad SMARTS) is 1. The van der Waals surface area contributed by atoms with E-state index in [9.17, 15) is 18.0 Å². The number of aliphatic carboxylic acids is 1. The Morgan fingerprint density at radius 3 is 2.76 bits per heavy atom. The molecule has 1 unspecified atom stereocenters. The van der Waals surface area contributed by atoms with Gasteiger partial charge < -0.3 is 9.52 Å². The van der Waals surface area contributed by atoms with Crippen molar-refractivity contribution in [3.8, 4) is 10.8 Å². The van der Waals surface area contributed by atoms with Gasteiger partial charge in [0.1, 0.15) is 6.26 Å². The van der Waals surface area contributed by atoms with E-state index in [1.54, 1.807) is 12.1 Å². The second kappa shape index (κ2) is 5.49. The molecule has 0 saturated heterocycles. The summed E-state index contributed by atoms with van der Waals surface area (Å²) in [4.78, 5) is 15.6. The second-order valence-electron chi connectivity index (χ2n) is 4.40. The van der Waals surface area contributed by atoms with Gasteiger partial charge in [-0.25, -0.2) is 9.78 Å². The monoisotopic (exact) mass is 320 g/mol. The Morgan fingerprint density at radius 1 is 1.52 bits per heavy atom. The Morgan fingerprint density at radius 2 is 2.24 bits per heavy atom. The van der Waals surface area contributed by atoms with Gasteiger partial charge in [0.05, 0.1) is 10.6 Å². The van der Waals surface area contributed by atoms with Crippen LogP contribution in [0.25, 0.3) is 10.8 Å². The van der Waals surface area contributed by atoms with Crippen LogP contribution in [0.3, 0.4) is 0 Å². The molecule has 2 N–H and O–H groups in total. The molecule has 0 aromatic carbocycles. The summed E-state index contributed by atoms with van der Waals surface area (Å²) in [6.45, 7) is 0.187. The fourth-order valence-corrected chi connectivity index (χ4v) is 2.12. The summed E-state index contributed by atoms with van der Waals surface area (Å²) in [7, 11) is 0. The summed E-state index contributed by atoms with van der Waals surface area (Å²) in [5.74, 6) is -1.72. The van der Waals surface area contributed by atoms with Crippen LogP contribution < -0.4 is 5.32 Å². The highest BCUT2D eigenvalue weighted by molar-refractivity contribution is 7.13. The maximum atomic E-state index is 12.8. The van der Waals surface area contributed by atoms with Gasteiger partial charge in [0.2, 0.25) is 11.4 Å². The molecule has 0 aliphatic carbocycles. The highest BCUT2D eigenvalue weighted by Crippen LogP contribution is 2.31. The third-order valence-corrected chi connectivity index (χ3v) is 3.76. The van der Waals surface area contributed by atoms with Crippen LogP contribution >= 0.6 is 11.3 Å². The van der Waals surface area contributed by atoms with Crippen LogP contribution in [0.15, 0.2) is 28.2 Å². The molecule has 9 heteroatoms. The molecule has 1 atom stereocenters. The molecule has 2 rings (SSSR count). The molecular weight excluding hydrogens is 309 g/mol. The molecule has 21 heavy (non-hydrogen) atoms. The Hall–Kier alpha value is -1.87. The van der Waals surface area contributed by atoms with Crippen molar-refractivity contribution in [2.45, 2.75) is 25.2 Å². The van der Waals surface area contributed by atoms with Crippen molar-refractivity contribution in [3.63, 3.8) is 0 Å². The predicted octanol–water partition coefficient (Wildman–Crippen LogP) is 2.90. The number of aromatic nitrogens is 1. The summed E-state index contributed by atoms with van der Waals surface area (Å²) in [6, 6.07) is 3.54. The highest BCUT2D eigenvalue weighted by Gasteiger charge is 2.57. The van der Waals surface area contributed by atoms with Gasteiger partial charge >= 0.3 is 12.1 Å². The Kier molecular flexibility index (Phi) is 4.06. The summed E-state index contributed by atoms with van der Waals surface area (Å²) < 4.78 is 43.6. The molecule has 0 radical (unpaired) electrons. The lowest BCUT2D eigenvalue weighted by Crippen LogP contribution is -2.59. The first-order valence-electron chi connectivity index (χ1n) is 5.77. The molecule has 0 spiro atoms. The number of hydrogen-bond acceptors (Lipinski definition) is 5. The molecule has 0 aliphatic heterocycles. The fourth-order valence-electron chi connectivity index (χ4n) is 1.47. The Balaban J connectivity index is 2.11. The van der Waals surface area contributed by atoms with Gasteiger partial charge in [-0.2, -0.15) is 13.2 Å². The normalized spacial score (nSPS) is 14.9. The van der Waals surface area contributed by atoms with Crippen LogP contribution in [-0.2, 0) is 11.3 Å². The van der Waals surface area contributed by atoms with E-state index in [1.165, 1.54) is 17.6 Å². The van der Waals surface area contributed by atoms with Crippen LogP contribution in [0.2, 0.25) is 0 Å². The van der Waals surface area contributed by atoms with Crippen molar-refractivity contribution in [3.05, 3.63) is 29.5 Å². The average Bonchev–Trinajstić information content (AvgIpc) is 3.04. The minimum absolute atomic E-state index is 0.190. The summed E-state index contributed by atoms with van der Waals surface area (Å²) >= 11 is 1.37. The summed E-state index contributed by atoms with van der Waals surface area (Å²) in [5.41, 5.74) is -2.86. The van der Waals surface area contributed by atoms with Crippen LogP contribution in [-0.4, -0.2) is 27.8 Å². The zero-order chi connectivity index (χ0) is 15.7. The van der Waals surface area contributed by atoms with Crippen molar-refractivity contribution in [1.82, 2.24) is 10.3 Å². The van der Waals surface area contributed by atoms with Gasteiger partial charge in [-0.05, 0) is 18.4 Å². The van der Waals surface area contributed by atoms with E-state index in [2.05, 4.69) is 4.98 Å². The Labute approximate surface area is 121 Å². The third kappa shape index (κ3) is 3.08. The van der Waals surface area contributed by atoms with Crippen molar-refractivity contribution < 1.29 is 27.5 Å². The van der Waals surface area contributed by atoms with Gasteiger partial charge in [0.25, 0.3) is 0 Å². The fraction of sp³-hybridized carbons (Fsp3) is 0.333. The number of halogens is 3. The van der Waals surface area contributed by atoms with E-state index >= 15 is 0 Å². The van der Waals surface area contributed by atoms with E-state index in [-0.39, 0.29) is 18.1 Å². The van der Waals surface area contributed by atoms with E-state index in [1.807, 2.05) is 10.7 Å². The van der Waals surface area contributed by atoms with E-state index in [4.69, 9.17) is 9.52 Å². The van der Waals surface area contributed by atoms with E-state index in [0.29, 0.717) is 6.92 Å². The number of nitrogens with one attached hydrogen (secondary N) is 1. The van der Waals surface area contributed by atoms with Crippen LogP contribution in [0, 0.1) is 0 Å². The number of thiophene rings is 1. The molecule has 2 heterocycles. The number of carboxylic acids is 1. The molecule has 2 aromatic heterocycles. The Bertz CT molecular complexity index is 624. The topological polar surface area (TPSA) is 75.4 Å². The predicted molar refractivity (Wildman–Crippen MR) is 68.8 cm³/mol. The minimum Gasteiger partial charge on any atom is -0.480 e. The van der Waals surface area contributed by atoms with Crippen LogP contribution in [0.4, 0.5) is 13.2 Å². The first-order valence-corrected chi connectivity index (χ1v) is 6.65. The molecule has 0 saturated carbocycles. The van der Waals surface area contributed by atoms with Gasteiger partial charge in [0, 0.05) is 6.54 Å². The first kappa shape index (κ1) is 15.5. The van der Waals surface area contributed by atoms with Gasteiger partial charge in [-0.1, -0.05) is 6.07 Å². The SMILES string of the molecule is CC(NCc1coc(-c2cccs2)n1)(C(=O)O)C(F)(F)F. The number of carbonyl (C=O) groups is 1. The quantitative estimate of drug-likeness (QED) is 0.886. The number of alkyl halides is 3. The van der Waals surface area contributed by atoms with Crippen LogP contribution in [0.5, 0.6) is 0 Å². The van der Waals surface area contributed by atoms with Gasteiger partial charge in [0.15, 0.2) is 0 Å². The van der Waals surface area contributed by atoms with E-state index < -0.39 is 17.7 Å². The molecular formula is C12H11F3N2O3S. The lowest BCUT2D eigenvalue weighted by atomic mass is 10.0. The molecule has 0 aliphatic rings. The minimum atomic E-state index is -4.93. The molecule has 0 fully saturated rings. The molecule has 0 bridgehead atoms. The summed E-state index contributed by atoms with van der Waals surface area (Å²) in [5, 5.41) is 12.6. The number of rotatable bonds is 5. The van der Waals surface area contributed by atoms with Crippen molar-refractivity contribution >= 4 is 17.3 Å². The van der Waals surface area contributed by atoms with Crippen LogP contribution in [0.1, 0.15) is 12.6 Å². The number of hydrogen-bond donors (Lipinski definition) is 2. The number of oxazole rings is 1. The zero-order valence-corrected chi connectivity index (χ0v) is 11.6. The highest BCUT2D eigenvalue weighted by atomic mass is 32.1. The molecule has 0 amide bonds. The molecule has 5 nitrogen and oxygen atoms in total. The molecule has 2 aromatic rings. The standard InChI is InChI=1S/C12H11F3N2O3S/c1-11(10(18)19,12(13,14)15)16-5-7-6-20-9(17-7)8-3-2-4-21-8/h2-4,6,16H,5H2,1H3,(H,18,19). The first-order chi connectivity index (χ1) is 9.74. The maximum absolute atomic E-state index is 12.8. The van der Waals surface area contributed by atoms with E-state index in [0.717, 1.165) is 4.88 Å². The summed E-state index contributed by atoms with van der Waals surface area (Å²) in [6.07, 6.45) is -3.74. The van der Waals surface area contributed by atoms with Crippen molar-refractivity contribution in [2.24, 2.45) is 0 Å². The van der Waals surface area contributed by atoms with Gasteiger partial charge in [-0.3, -0.25) is 5.32 Å². The lowest BCUT2D eigenvalue weighted by molar-refractivity contribution is -0.206. The second-order valence-corrected chi connectivity index (χ2v) is 5.35. The lowest BCUT2D eigenvalue weighted by Gasteiger charge is -2.28. The third-order valence-electron chi connectivity index (χ3n) is 2.90. The maximum Gasteiger partial charge on any atom is 0.417 e. The largest absolute Gasteiger partial charge is 0.480 e. The molecule has 114 valence electrons. The zero-order valence-electron chi connectivity index (χ0n) is 10.8. The number of nitrogens with zero attached hydrogens (tertiary/aromatic N) is 1. The van der Waals surface area contributed by atoms with Gasteiger partial charge in [-0.15, -0.1) is 11.3 Å². The van der Waals surface area contributed by atoms with Crippen molar-refractivity contribution in [2.75, 3.05) is 0 Å². The smallest absolute Gasteiger partial charge is 0.417 e. The average molecular weight is 320 g/mol. The van der Waals surface area contributed by atoms with Crippen molar-refractivity contribution in [1.29, 1.82) is 0 Å².